The number of carbonyl (C=O) groups excluding carboxylic acids is 1. The number of halogens is 2. The van der Waals surface area contributed by atoms with E-state index in [-0.39, 0.29) is 11.4 Å². The Morgan fingerprint density at radius 1 is 1.23 bits per heavy atom. The van der Waals surface area contributed by atoms with E-state index in [1.54, 1.807) is 11.0 Å². The zero-order valence-electron chi connectivity index (χ0n) is 14.8. The van der Waals surface area contributed by atoms with Crippen molar-refractivity contribution in [2.24, 2.45) is 0 Å². The van der Waals surface area contributed by atoms with Crippen LogP contribution < -0.4 is 9.80 Å². The average molecular weight is 376 g/mol. The molecule has 0 saturated heterocycles. The number of fused-ring (bicyclic) bond motifs is 1. The number of carbonyl (C=O) groups is 1. The van der Waals surface area contributed by atoms with Gasteiger partial charge in [-0.2, -0.15) is 0 Å². The summed E-state index contributed by atoms with van der Waals surface area (Å²) in [6.45, 7) is 3.00. The molecule has 0 aliphatic carbocycles. The first kappa shape index (κ1) is 18.4. The maximum Gasteiger partial charge on any atom is 0.260 e. The Labute approximate surface area is 154 Å². The molecule has 1 amide bonds. The number of hydrogen-bond acceptors (Lipinski definition) is 3. The molecule has 0 atom stereocenters. The molecule has 1 aromatic heterocycles. The third-order valence-electron chi connectivity index (χ3n) is 4.09. The first-order valence-electron chi connectivity index (χ1n) is 8.29. The molecular weight excluding hydrogens is 356 g/mol. The van der Waals surface area contributed by atoms with Gasteiger partial charge in [0.2, 0.25) is 0 Å². The third kappa shape index (κ3) is 3.73. The largest absolute Gasteiger partial charge is 0.338 e. The van der Waals surface area contributed by atoms with E-state index in [9.17, 15) is 13.6 Å². The van der Waals surface area contributed by atoms with E-state index in [0.717, 1.165) is 23.0 Å². The molecule has 0 saturated carbocycles. The van der Waals surface area contributed by atoms with Crippen LogP contribution in [0.2, 0.25) is 0 Å². The van der Waals surface area contributed by atoms with Crippen LogP contribution in [0.4, 0.5) is 13.9 Å². The molecule has 1 N–H and O–H groups in total. The third-order valence-corrected chi connectivity index (χ3v) is 5.11. The van der Waals surface area contributed by atoms with Crippen molar-refractivity contribution in [2.75, 3.05) is 32.1 Å². The Balaban J connectivity index is 2.05. The van der Waals surface area contributed by atoms with Gasteiger partial charge in [-0.3, -0.25) is 9.69 Å². The Morgan fingerprint density at radius 3 is 2.65 bits per heavy atom. The van der Waals surface area contributed by atoms with E-state index >= 15 is 0 Å². The minimum Gasteiger partial charge on any atom is -0.338 e. The minimum atomic E-state index is -0.718. The molecule has 0 fully saturated rings. The number of nitrogens with one attached hydrogen (secondary N) is 1. The lowest BCUT2D eigenvalue weighted by Crippen LogP contribution is -3.06. The van der Waals surface area contributed by atoms with Crippen molar-refractivity contribution in [1.82, 2.24) is 4.98 Å². The molecule has 2 aromatic carbocycles. The molecule has 0 spiro atoms. The van der Waals surface area contributed by atoms with Crippen molar-refractivity contribution in [2.45, 2.75) is 6.92 Å². The van der Waals surface area contributed by atoms with E-state index in [4.69, 9.17) is 0 Å². The number of aryl methyl sites for hydroxylation is 1. The van der Waals surface area contributed by atoms with Gasteiger partial charge >= 0.3 is 0 Å². The predicted octanol–water partition coefficient (Wildman–Crippen LogP) is 2.67. The number of nitrogens with zero attached hydrogens (tertiary/aromatic N) is 2. The smallest absolute Gasteiger partial charge is 0.260 e. The zero-order valence-corrected chi connectivity index (χ0v) is 15.7. The highest BCUT2D eigenvalue weighted by molar-refractivity contribution is 7.22. The number of aromatic nitrogens is 1. The highest BCUT2D eigenvalue weighted by Gasteiger charge is 2.24. The van der Waals surface area contributed by atoms with Gasteiger partial charge in [-0.25, -0.2) is 13.8 Å². The van der Waals surface area contributed by atoms with Crippen molar-refractivity contribution >= 4 is 32.6 Å². The summed E-state index contributed by atoms with van der Waals surface area (Å²) in [6.07, 6.45) is 0. The lowest BCUT2D eigenvalue weighted by molar-refractivity contribution is -0.856. The van der Waals surface area contributed by atoms with Crippen molar-refractivity contribution in [1.29, 1.82) is 0 Å². The Hall–Kier alpha value is -2.38. The van der Waals surface area contributed by atoms with E-state index in [0.29, 0.717) is 28.5 Å². The van der Waals surface area contributed by atoms with Crippen molar-refractivity contribution < 1.29 is 18.5 Å². The van der Waals surface area contributed by atoms with E-state index in [1.165, 1.54) is 11.0 Å². The van der Waals surface area contributed by atoms with Gasteiger partial charge in [-0.15, -0.1) is 0 Å². The van der Waals surface area contributed by atoms with Crippen molar-refractivity contribution in [3.63, 3.8) is 0 Å². The summed E-state index contributed by atoms with van der Waals surface area (Å²) in [6, 6.07) is 9.37. The fourth-order valence-electron chi connectivity index (χ4n) is 2.64. The minimum absolute atomic E-state index is 0.0891. The fourth-order valence-corrected chi connectivity index (χ4v) is 3.67. The molecule has 7 heteroatoms. The number of likely N-dealkylation sites (N-methyl/N-ethyl adjacent to an activating group) is 1. The summed E-state index contributed by atoms with van der Waals surface area (Å²) < 4.78 is 27.9. The van der Waals surface area contributed by atoms with Crippen LogP contribution in [0.1, 0.15) is 15.9 Å². The van der Waals surface area contributed by atoms with E-state index in [2.05, 4.69) is 4.98 Å². The molecule has 3 rings (SSSR count). The van der Waals surface area contributed by atoms with Crippen LogP contribution in [0, 0.1) is 18.6 Å². The lowest BCUT2D eigenvalue weighted by Gasteiger charge is -2.21. The summed E-state index contributed by atoms with van der Waals surface area (Å²) in [5.74, 6) is -1.56. The Morgan fingerprint density at radius 2 is 1.96 bits per heavy atom. The quantitative estimate of drug-likeness (QED) is 0.744. The number of benzene rings is 2. The molecule has 1 heterocycles. The van der Waals surface area contributed by atoms with Gasteiger partial charge in [0.1, 0.15) is 11.3 Å². The van der Waals surface area contributed by atoms with Crippen LogP contribution in [0.3, 0.4) is 0 Å². The number of quaternary nitrogens is 1. The van der Waals surface area contributed by atoms with Crippen LogP contribution in [0.25, 0.3) is 10.2 Å². The summed E-state index contributed by atoms with van der Waals surface area (Å²) in [7, 11) is 3.98. The van der Waals surface area contributed by atoms with Crippen LogP contribution >= 0.6 is 11.3 Å². The molecule has 4 nitrogen and oxygen atoms in total. The Bertz CT molecular complexity index is 955. The van der Waals surface area contributed by atoms with Crippen LogP contribution in [0.5, 0.6) is 0 Å². The number of thiazole rings is 1. The number of anilines is 1. The maximum atomic E-state index is 14.0. The lowest BCUT2D eigenvalue weighted by atomic mass is 10.1. The number of rotatable bonds is 5. The molecule has 3 aromatic rings. The summed E-state index contributed by atoms with van der Waals surface area (Å²) in [4.78, 5) is 20.1. The van der Waals surface area contributed by atoms with Gasteiger partial charge in [0, 0.05) is 11.6 Å². The summed E-state index contributed by atoms with van der Waals surface area (Å²) in [5.41, 5.74) is 1.52. The first-order valence-corrected chi connectivity index (χ1v) is 9.10. The fraction of sp³-hybridized carbons (Fsp3) is 0.263. The topological polar surface area (TPSA) is 37.6 Å². The highest BCUT2D eigenvalue weighted by atomic mass is 32.1. The second-order valence-electron chi connectivity index (χ2n) is 6.46. The zero-order chi connectivity index (χ0) is 18.8. The van der Waals surface area contributed by atoms with Crippen LogP contribution in [-0.4, -0.2) is 38.1 Å². The van der Waals surface area contributed by atoms with Crippen LogP contribution in [-0.2, 0) is 0 Å². The standard InChI is InChI=1S/C19H19F2N3OS/c1-12-6-4-5-7-14(12)18(25)24(9-8-23(2)3)19-22-17-15(21)10-13(20)11-16(17)26-19/h4-7,10-11H,8-9H2,1-3H3/p+1. The summed E-state index contributed by atoms with van der Waals surface area (Å²) >= 11 is 1.12. The second-order valence-corrected chi connectivity index (χ2v) is 7.47. The molecule has 0 unspecified atom stereocenters. The molecule has 0 radical (unpaired) electrons. The predicted molar refractivity (Wildman–Crippen MR) is 100 cm³/mol. The molecular formula is C19H20F2N3OS+. The molecule has 136 valence electrons. The van der Waals surface area contributed by atoms with Gasteiger partial charge in [-0.1, -0.05) is 29.5 Å². The van der Waals surface area contributed by atoms with Gasteiger partial charge in [0.15, 0.2) is 10.9 Å². The normalized spacial score (nSPS) is 11.3. The molecule has 0 aliphatic rings. The molecule has 0 bridgehead atoms. The molecule has 0 aliphatic heterocycles. The summed E-state index contributed by atoms with van der Waals surface area (Å²) in [5, 5.41) is 0.374. The monoisotopic (exact) mass is 376 g/mol. The first-order chi connectivity index (χ1) is 12.4. The Kier molecular flexibility index (Phi) is 5.29. The number of amides is 1. The second kappa shape index (κ2) is 7.47. The van der Waals surface area contributed by atoms with Gasteiger partial charge in [0.25, 0.3) is 5.91 Å². The molecule has 26 heavy (non-hydrogen) atoms. The van der Waals surface area contributed by atoms with Gasteiger partial charge < -0.3 is 4.90 Å². The van der Waals surface area contributed by atoms with Crippen molar-refractivity contribution in [3.8, 4) is 0 Å². The van der Waals surface area contributed by atoms with Crippen LogP contribution in [0.15, 0.2) is 36.4 Å². The average Bonchev–Trinajstić information content (AvgIpc) is 2.99. The van der Waals surface area contributed by atoms with Crippen molar-refractivity contribution in [3.05, 3.63) is 59.2 Å². The highest BCUT2D eigenvalue weighted by Crippen LogP contribution is 2.32. The van der Waals surface area contributed by atoms with Gasteiger partial charge in [-0.05, 0) is 24.6 Å². The maximum absolute atomic E-state index is 14.0. The SMILES string of the molecule is Cc1ccccc1C(=O)N(CC[NH+](C)C)c1nc2c(F)cc(F)cc2s1. The van der Waals surface area contributed by atoms with E-state index in [1.807, 2.05) is 39.2 Å². The van der Waals surface area contributed by atoms with Gasteiger partial charge in [0.05, 0.1) is 31.9 Å². The van der Waals surface area contributed by atoms with E-state index < -0.39 is 11.6 Å². The number of hydrogen-bond donors (Lipinski definition) is 1.